The number of carbonyl (C=O) groups excluding carboxylic acids is 1. The summed E-state index contributed by atoms with van der Waals surface area (Å²) < 4.78 is 7.26. The van der Waals surface area contributed by atoms with Crippen LogP contribution in [0.5, 0.6) is 5.75 Å². The molecule has 2 aromatic carbocycles. The van der Waals surface area contributed by atoms with Crippen LogP contribution in [0.3, 0.4) is 0 Å². The van der Waals surface area contributed by atoms with Crippen molar-refractivity contribution in [2.75, 3.05) is 25.5 Å². The second kappa shape index (κ2) is 8.90. The van der Waals surface area contributed by atoms with Gasteiger partial charge in [-0.3, -0.25) is 4.79 Å². The van der Waals surface area contributed by atoms with Crippen LogP contribution < -0.4 is 15.4 Å². The molecule has 0 aliphatic carbocycles. The molecule has 0 bridgehead atoms. The standard InChI is InChI=1S/C23H25ClN4O2/c1-15-18(24)6-5-8-20(15)28-22(16-10-12-25-13-11-16)17(14-26-28)23(29)27-19-7-3-4-9-21(19)30-2/h3-9,14,16,25H,10-13H2,1-2H3,(H,27,29). The molecule has 3 aromatic rings. The van der Waals surface area contributed by atoms with E-state index in [1.54, 1.807) is 13.3 Å². The van der Waals surface area contributed by atoms with Gasteiger partial charge in [0.2, 0.25) is 0 Å². The van der Waals surface area contributed by atoms with E-state index in [-0.39, 0.29) is 11.8 Å². The summed E-state index contributed by atoms with van der Waals surface area (Å²) in [6, 6.07) is 13.1. The molecule has 6 nitrogen and oxygen atoms in total. The Labute approximate surface area is 181 Å². The quantitative estimate of drug-likeness (QED) is 0.629. The van der Waals surface area contributed by atoms with E-state index in [1.165, 1.54) is 0 Å². The highest BCUT2D eigenvalue weighted by Crippen LogP contribution is 2.33. The van der Waals surface area contributed by atoms with Crippen molar-refractivity contribution < 1.29 is 9.53 Å². The lowest BCUT2D eigenvalue weighted by atomic mass is 9.91. The summed E-state index contributed by atoms with van der Waals surface area (Å²) in [4.78, 5) is 13.3. The third-order valence-corrected chi connectivity index (χ3v) is 6.01. The summed E-state index contributed by atoms with van der Waals surface area (Å²) in [5.41, 5.74) is 3.97. The molecule has 0 radical (unpaired) electrons. The van der Waals surface area contributed by atoms with Crippen LogP contribution in [-0.2, 0) is 0 Å². The maximum absolute atomic E-state index is 13.3. The van der Waals surface area contributed by atoms with Crippen LogP contribution in [0.4, 0.5) is 5.69 Å². The Morgan fingerprint density at radius 1 is 1.20 bits per heavy atom. The van der Waals surface area contributed by atoms with Crippen molar-refractivity contribution in [3.63, 3.8) is 0 Å². The summed E-state index contributed by atoms with van der Waals surface area (Å²) in [6.45, 7) is 3.80. The lowest BCUT2D eigenvalue weighted by Gasteiger charge is -2.25. The van der Waals surface area contributed by atoms with Gasteiger partial charge in [0.15, 0.2) is 0 Å². The minimum atomic E-state index is -0.195. The molecule has 4 rings (SSSR count). The number of hydrogen-bond donors (Lipinski definition) is 2. The molecule has 1 fully saturated rings. The smallest absolute Gasteiger partial charge is 0.259 e. The van der Waals surface area contributed by atoms with Crippen molar-refractivity contribution in [3.8, 4) is 11.4 Å². The summed E-state index contributed by atoms with van der Waals surface area (Å²) in [6.07, 6.45) is 3.54. The van der Waals surface area contributed by atoms with Crippen molar-refractivity contribution in [2.45, 2.75) is 25.7 Å². The Morgan fingerprint density at radius 2 is 1.97 bits per heavy atom. The van der Waals surface area contributed by atoms with Gasteiger partial charge in [-0.1, -0.05) is 29.8 Å². The van der Waals surface area contributed by atoms with Crippen molar-refractivity contribution in [1.29, 1.82) is 0 Å². The minimum Gasteiger partial charge on any atom is -0.495 e. The zero-order valence-corrected chi connectivity index (χ0v) is 17.9. The Morgan fingerprint density at radius 3 is 2.73 bits per heavy atom. The van der Waals surface area contributed by atoms with Crippen molar-refractivity contribution in [3.05, 3.63) is 70.5 Å². The van der Waals surface area contributed by atoms with E-state index in [4.69, 9.17) is 16.3 Å². The van der Waals surface area contributed by atoms with E-state index in [1.807, 2.05) is 54.1 Å². The van der Waals surface area contributed by atoms with Gasteiger partial charge in [0.05, 0.1) is 35.9 Å². The number of aromatic nitrogens is 2. The van der Waals surface area contributed by atoms with Gasteiger partial charge in [0.1, 0.15) is 5.75 Å². The van der Waals surface area contributed by atoms with Gasteiger partial charge in [-0.05, 0) is 62.7 Å². The molecule has 30 heavy (non-hydrogen) atoms. The lowest BCUT2D eigenvalue weighted by Crippen LogP contribution is -2.29. The number of methoxy groups -OCH3 is 1. The van der Waals surface area contributed by atoms with Crippen LogP contribution in [0.25, 0.3) is 5.69 Å². The van der Waals surface area contributed by atoms with Gasteiger partial charge in [0.25, 0.3) is 5.91 Å². The highest BCUT2D eigenvalue weighted by Gasteiger charge is 2.28. The molecule has 0 saturated carbocycles. The predicted octanol–water partition coefficient (Wildman–Crippen LogP) is 4.56. The number of rotatable bonds is 5. The van der Waals surface area contributed by atoms with Crippen LogP contribution >= 0.6 is 11.6 Å². The number of ether oxygens (including phenoxy) is 1. The van der Waals surface area contributed by atoms with Crippen LogP contribution in [0.1, 0.15) is 40.4 Å². The SMILES string of the molecule is COc1ccccc1NC(=O)c1cnn(-c2cccc(Cl)c2C)c1C1CCNCC1. The van der Waals surface area contributed by atoms with Gasteiger partial charge in [0, 0.05) is 10.9 Å². The zero-order chi connectivity index (χ0) is 21.1. The van der Waals surface area contributed by atoms with E-state index in [0.29, 0.717) is 22.0 Å². The maximum Gasteiger partial charge on any atom is 0.259 e. The Kier molecular flexibility index (Phi) is 6.06. The highest BCUT2D eigenvalue weighted by atomic mass is 35.5. The first-order valence-electron chi connectivity index (χ1n) is 10.1. The van der Waals surface area contributed by atoms with E-state index in [2.05, 4.69) is 15.7 Å². The summed E-state index contributed by atoms with van der Waals surface area (Å²) in [5, 5.41) is 11.7. The molecule has 156 valence electrons. The average molecular weight is 425 g/mol. The molecule has 1 saturated heterocycles. The maximum atomic E-state index is 13.3. The molecule has 1 aliphatic rings. The van der Waals surface area contributed by atoms with Crippen LogP contribution in [-0.4, -0.2) is 35.9 Å². The van der Waals surface area contributed by atoms with Crippen molar-refractivity contribution in [2.24, 2.45) is 0 Å². The third kappa shape index (κ3) is 3.93. The monoisotopic (exact) mass is 424 g/mol. The van der Waals surface area contributed by atoms with Crippen LogP contribution in [0.2, 0.25) is 5.02 Å². The fourth-order valence-electron chi connectivity index (χ4n) is 3.98. The van der Waals surface area contributed by atoms with E-state index in [0.717, 1.165) is 42.9 Å². The first kappa shape index (κ1) is 20.4. The first-order valence-corrected chi connectivity index (χ1v) is 10.5. The number of hydrogen-bond acceptors (Lipinski definition) is 4. The number of halogens is 1. The third-order valence-electron chi connectivity index (χ3n) is 5.60. The molecule has 0 spiro atoms. The molecule has 0 unspecified atom stereocenters. The number of carbonyl (C=O) groups is 1. The lowest BCUT2D eigenvalue weighted by molar-refractivity contribution is 0.102. The minimum absolute atomic E-state index is 0.195. The molecule has 1 aliphatic heterocycles. The second-order valence-corrected chi connectivity index (χ2v) is 7.83. The van der Waals surface area contributed by atoms with Crippen molar-refractivity contribution in [1.82, 2.24) is 15.1 Å². The second-order valence-electron chi connectivity index (χ2n) is 7.42. The molecule has 1 aromatic heterocycles. The number of amides is 1. The Hall–Kier alpha value is -2.83. The number of piperidine rings is 1. The molecule has 0 atom stereocenters. The van der Waals surface area contributed by atoms with E-state index < -0.39 is 0 Å². The fraction of sp³-hybridized carbons (Fsp3) is 0.304. The first-order chi connectivity index (χ1) is 14.6. The molecular weight excluding hydrogens is 400 g/mol. The Bertz CT molecular complexity index is 1060. The molecule has 2 heterocycles. The van der Waals surface area contributed by atoms with Gasteiger partial charge in [-0.2, -0.15) is 5.10 Å². The topological polar surface area (TPSA) is 68.2 Å². The summed E-state index contributed by atoms with van der Waals surface area (Å²) in [7, 11) is 1.59. The fourth-order valence-corrected chi connectivity index (χ4v) is 4.15. The largest absolute Gasteiger partial charge is 0.495 e. The summed E-state index contributed by atoms with van der Waals surface area (Å²) >= 11 is 6.37. The normalized spacial score (nSPS) is 14.5. The van der Waals surface area contributed by atoms with E-state index >= 15 is 0 Å². The van der Waals surface area contributed by atoms with Gasteiger partial charge >= 0.3 is 0 Å². The number of nitrogens with zero attached hydrogens (tertiary/aromatic N) is 2. The number of benzene rings is 2. The number of para-hydroxylation sites is 2. The van der Waals surface area contributed by atoms with Gasteiger partial charge in [-0.15, -0.1) is 0 Å². The molecule has 7 heteroatoms. The van der Waals surface area contributed by atoms with E-state index in [9.17, 15) is 4.79 Å². The molecular formula is C23H25ClN4O2. The van der Waals surface area contributed by atoms with Crippen LogP contribution in [0, 0.1) is 6.92 Å². The zero-order valence-electron chi connectivity index (χ0n) is 17.1. The average Bonchev–Trinajstić information content (AvgIpc) is 3.21. The highest BCUT2D eigenvalue weighted by molar-refractivity contribution is 6.31. The molecule has 2 N–H and O–H groups in total. The van der Waals surface area contributed by atoms with Crippen molar-refractivity contribution >= 4 is 23.2 Å². The number of anilines is 1. The summed E-state index contributed by atoms with van der Waals surface area (Å²) in [5.74, 6) is 0.650. The van der Waals surface area contributed by atoms with Gasteiger partial charge in [-0.25, -0.2) is 4.68 Å². The number of nitrogens with one attached hydrogen (secondary N) is 2. The predicted molar refractivity (Wildman–Crippen MR) is 119 cm³/mol. The Balaban J connectivity index is 1.77. The van der Waals surface area contributed by atoms with Crippen LogP contribution in [0.15, 0.2) is 48.7 Å². The van der Waals surface area contributed by atoms with Gasteiger partial charge < -0.3 is 15.4 Å². The molecule has 1 amide bonds.